The van der Waals surface area contributed by atoms with Gasteiger partial charge in [0.05, 0.1) is 7.11 Å². The number of allylic oxidation sites excluding steroid dienone is 2. The Balaban J connectivity index is 0.000000960. The van der Waals surface area contributed by atoms with Gasteiger partial charge < -0.3 is 4.74 Å². The average molecular weight is 385 g/mol. The molecule has 0 aromatic heterocycles. The fraction of sp³-hybridized carbons (Fsp3) is 0.526. The highest BCUT2D eigenvalue weighted by Gasteiger charge is 2.52. The average Bonchev–Trinajstić information content (AvgIpc) is 2.82. The Bertz CT molecular complexity index is 656. The summed E-state index contributed by atoms with van der Waals surface area (Å²) >= 11 is 0. The molecule has 4 rings (SSSR count). The number of hydrogen-bond acceptors (Lipinski definition) is 2. The molecular formula is C19H28O2S3. The summed E-state index contributed by atoms with van der Waals surface area (Å²) in [4.78, 5) is 12.3. The van der Waals surface area contributed by atoms with Crippen LogP contribution in [0, 0.1) is 11.3 Å². The van der Waals surface area contributed by atoms with Gasteiger partial charge >= 0.3 is 0 Å². The summed E-state index contributed by atoms with van der Waals surface area (Å²) in [6.07, 6.45) is 7.39. The maximum atomic E-state index is 12.3. The molecular weight excluding hydrogens is 356 g/mol. The van der Waals surface area contributed by atoms with Gasteiger partial charge in [0.15, 0.2) is 0 Å². The summed E-state index contributed by atoms with van der Waals surface area (Å²) in [5.74, 6) is 2.46. The Morgan fingerprint density at radius 3 is 2.62 bits per heavy atom. The number of ketones is 1. The largest absolute Gasteiger partial charge is 0.497 e. The monoisotopic (exact) mass is 384 g/mol. The van der Waals surface area contributed by atoms with Crippen molar-refractivity contribution in [2.45, 2.75) is 44.9 Å². The Labute approximate surface area is 165 Å². The van der Waals surface area contributed by atoms with E-state index in [1.54, 1.807) is 12.7 Å². The zero-order valence-electron chi connectivity index (χ0n) is 14.3. The van der Waals surface area contributed by atoms with E-state index in [-0.39, 0.29) is 45.9 Å². The Morgan fingerprint density at radius 1 is 1.17 bits per heavy atom. The molecule has 0 heterocycles. The molecule has 0 amide bonds. The molecule has 3 atom stereocenters. The molecule has 3 aliphatic carbocycles. The van der Waals surface area contributed by atoms with Gasteiger partial charge in [-0.15, -0.1) is 0 Å². The Hall–Kier alpha value is -0.520. The molecule has 2 fully saturated rings. The molecule has 0 bridgehead atoms. The van der Waals surface area contributed by atoms with Crippen LogP contribution < -0.4 is 4.74 Å². The lowest BCUT2D eigenvalue weighted by Gasteiger charge is -2.43. The lowest BCUT2D eigenvalue weighted by molar-refractivity contribution is -0.126. The standard InChI is InChI=1S/C19H22O2.3H2S/c1-19-10-9-15-14-6-4-13(21-2)11-12(14)3-5-16(15)17(19)7-8-18(19)20;;;/h4-6,11,15,17H,3,7-10H2,1-2H3;3*1H2/t15-,17+,19+;;;/m1.../s1. The molecule has 0 N–H and O–H groups in total. The zero-order chi connectivity index (χ0) is 14.6. The van der Waals surface area contributed by atoms with Crippen LogP contribution in [0.4, 0.5) is 0 Å². The number of methoxy groups -OCH3 is 1. The number of ether oxygens (including phenoxy) is 1. The van der Waals surface area contributed by atoms with Gasteiger partial charge in [-0.25, -0.2) is 0 Å². The van der Waals surface area contributed by atoms with Crippen molar-refractivity contribution in [3.63, 3.8) is 0 Å². The second-order valence-corrected chi connectivity index (χ2v) is 7.00. The summed E-state index contributed by atoms with van der Waals surface area (Å²) in [5.41, 5.74) is 4.34. The second-order valence-electron chi connectivity index (χ2n) is 7.00. The van der Waals surface area contributed by atoms with Crippen LogP contribution in [0.5, 0.6) is 5.75 Å². The van der Waals surface area contributed by atoms with Crippen LogP contribution in [-0.2, 0) is 11.2 Å². The minimum atomic E-state index is -0.0771. The van der Waals surface area contributed by atoms with Crippen molar-refractivity contribution in [1.82, 2.24) is 0 Å². The van der Waals surface area contributed by atoms with Gasteiger partial charge in [0, 0.05) is 17.8 Å². The molecule has 2 saturated carbocycles. The topological polar surface area (TPSA) is 26.3 Å². The molecule has 0 unspecified atom stereocenters. The number of carbonyl (C=O) groups is 1. The number of benzene rings is 1. The normalized spacial score (nSPS) is 29.6. The third-order valence-electron chi connectivity index (χ3n) is 6.11. The second kappa shape index (κ2) is 7.79. The zero-order valence-corrected chi connectivity index (χ0v) is 17.3. The van der Waals surface area contributed by atoms with Gasteiger partial charge in [0.25, 0.3) is 0 Å². The smallest absolute Gasteiger partial charge is 0.139 e. The molecule has 1 aromatic carbocycles. The van der Waals surface area contributed by atoms with Gasteiger partial charge in [-0.1, -0.05) is 24.6 Å². The van der Waals surface area contributed by atoms with Crippen LogP contribution in [0.1, 0.15) is 49.7 Å². The fourth-order valence-electron chi connectivity index (χ4n) is 4.85. The lowest BCUT2D eigenvalue weighted by Crippen LogP contribution is -2.37. The van der Waals surface area contributed by atoms with Crippen LogP contribution in [0.2, 0.25) is 0 Å². The van der Waals surface area contributed by atoms with E-state index in [2.05, 4.69) is 31.2 Å². The quantitative estimate of drug-likeness (QED) is 0.672. The van der Waals surface area contributed by atoms with Crippen LogP contribution in [0.25, 0.3) is 0 Å². The van der Waals surface area contributed by atoms with Crippen molar-refractivity contribution >= 4 is 46.3 Å². The fourth-order valence-corrected chi connectivity index (χ4v) is 4.85. The van der Waals surface area contributed by atoms with Gasteiger partial charge in [-0.3, -0.25) is 4.79 Å². The third kappa shape index (κ3) is 3.04. The van der Waals surface area contributed by atoms with Crippen LogP contribution in [0.3, 0.4) is 0 Å². The number of Topliss-reactive ketones (excluding diaryl/α,β-unsaturated/α-hetero) is 1. The molecule has 5 heteroatoms. The van der Waals surface area contributed by atoms with Crippen molar-refractivity contribution in [1.29, 1.82) is 0 Å². The first-order chi connectivity index (χ1) is 10.1. The number of hydrogen-bond donors (Lipinski definition) is 0. The maximum absolute atomic E-state index is 12.3. The molecule has 2 nitrogen and oxygen atoms in total. The summed E-state index contributed by atoms with van der Waals surface area (Å²) in [5, 5.41) is 0. The summed E-state index contributed by atoms with van der Waals surface area (Å²) < 4.78 is 5.35. The molecule has 0 aliphatic heterocycles. The minimum Gasteiger partial charge on any atom is -0.497 e. The van der Waals surface area contributed by atoms with Crippen LogP contribution in [0.15, 0.2) is 29.8 Å². The molecule has 134 valence electrons. The highest BCUT2D eigenvalue weighted by molar-refractivity contribution is 7.59. The van der Waals surface area contributed by atoms with Crippen molar-refractivity contribution in [2.24, 2.45) is 11.3 Å². The van der Waals surface area contributed by atoms with E-state index in [4.69, 9.17) is 4.74 Å². The van der Waals surface area contributed by atoms with E-state index in [0.29, 0.717) is 17.6 Å². The highest BCUT2D eigenvalue weighted by Crippen LogP contribution is 2.57. The molecule has 3 aliphatic rings. The first-order valence-corrected chi connectivity index (χ1v) is 8.03. The van der Waals surface area contributed by atoms with Crippen LogP contribution in [-0.4, -0.2) is 12.9 Å². The summed E-state index contributed by atoms with van der Waals surface area (Å²) in [6.45, 7) is 2.20. The molecule has 0 spiro atoms. The number of fused-ring (bicyclic) bond motifs is 5. The Morgan fingerprint density at radius 2 is 1.92 bits per heavy atom. The first-order valence-electron chi connectivity index (χ1n) is 8.03. The van der Waals surface area contributed by atoms with Gasteiger partial charge in [-0.05, 0) is 54.9 Å². The summed E-state index contributed by atoms with van der Waals surface area (Å²) in [7, 11) is 1.72. The van der Waals surface area contributed by atoms with E-state index in [1.807, 2.05) is 0 Å². The Kier molecular flexibility index (Phi) is 6.99. The van der Waals surface area contributed by atoms with E-state index in [9.17, 15) is 4.79 Å². The van der Waals surface area contributed by atoms with Gasteiger partial charge in [0.2, 0.25) is 0 Å². The minimum absolute atomic E-state index is 0. The maximum Gasteiger partial charge on any atom is 0.139 e. The first kappa shape index (κ1) is 21.5. The van der Waals surface area contributed by atoms with E-state index in [1.165, 1.54) is 11.1 Å². The predicted octanol–water partition coefficient (Wildman–Crippen LogP) is 4.38. The van der Waals surface area contributed by atoms with E-state index in [0.717, 1.165) is 37.9 Å². The van der Waals surface area contributed by atoms with Crippen molar-refractivity contribution in [3.05, 3.63) is 41.0 Å². The highest BCUT2D eigenvalue weighted by atomic mass is 32.1. The van der Waals surface area contributed by atoms with E-state index < -0.39 is 0 Å². The third-order valence-corrected chi connectivity index (χ3v) is 6.11. The SMILES string of the molecule is COc1ccc2c(c1)CC=C1[C@@H]2CC[C@]2(C)C(=O)CC[C@@H]12.S.S.S. The molecule has 24 heavy (non-hydrogen) atoms. The van der Waals surface area contributed by atoms with Gasteiger partial charge in [-0.2, -0.15) is 40.5 Å². The summed E-state index contributed by atoms with van der Waals surface area (Å²) in [6, 6.07) is 6.50. The van der Waals surface area contributed by atoms with Crippen molar-refractivity contribution in [3.8, 4) is 5.75 Å². The van der Waals surface area contributed by atoms with Crippen molar-refractivity contribution in [2.75, 3.05) is 7.11 Å². The van der Waals surface area contributed by atoms with Crippen molar-refractivity contribution < 1.29 is 9.53 Å². The van der Waals surface area contributed by atoms with E-state index >= 15 is 0 Å². The lowest BCUT2D eigenvalue weighted by atomic mass is 9.60. The molecule has 1 aromatic rings. The molecule has 0 radical (unpaired) electrons. The number of carbonyl (C=O) groups excluding carboxylic acids is 1. The number of rotatable bonds is 1. The van der Waals surface area contributed by atoms with Crippen LogP contribution >= 0.6 is 40.5 Å². The molecule has 0 saturated heterocycles. The predicted molar refractivity (Wildman–Crippen MR) is 114 cm³/mol. The van der Waals surface area contributed by atoms with Gasteiger partial charge in [0.1, 0.15) is 11.5 Å².